The normalized spacial score (nSPS) is 21.8. The molecule has 2 saturated heterocycles. The summed E-state index contributed by atoms with van der Waals surface area (Å²) in [7, 11) is 0. The molecule has 2 aliphatic rings. The first-order valence-electron chi connectivity index (χ1n) is 14.2. The number of piperidine rings is 1. The van der Waals surface area contributed by atoms with Crippen molar-refractivity contribution in [1.82, 2.24) is 15.5 Å². The van der Waals surface area contributed by atoms with Crippen molar-refractivity contribution >= 4 is 22.5 Å². The van der Waals surface area contributed by atoms with E-state index in [1.54, 1.807) is 0 Å². The van der Waals surface area contributed by atoms with Crippen LogP contribution in [0.25, 0.3) is 22.2 Å². The number of aromatic nitrogens is 2. The summed E-state index contributed by atoms with van der Waals surface area (Å²) in [4.78, 5) is 15.9. The molecular formula is C33H38N4O3. The van der Waals surface area contributed by atoms with E-state index in [0.29, 0.717) is 18.8 Å². The van der Waals surface area contributed by atoms with Gasteiger partial charge in [-0.25, -0.2) is 0 Å². The second-order valence-corrected chi connectivity index (χ2v) is 12.5. The zero-order valence-electron chi connectivity index (χ0n) is 23.4. The van der Waals surface area contributed by atoms with Crippen LogP contribution in [-0.2, 0) is 4.74 Å². The molecule has 0 spiro atoms. The van der Waals surface area contributed by atoms with E-state index in [9.17, 15) is 9.90 Å². The number of hydrogen-bond donors (Lipinski definition) is 3. The van der Waals surface area contributed by atoms with E-state index >= 15 is 0 Å². The van der Waals surface area contributed by atoms with Crippen molar-refractivity contribution in [2.45, 2.75) is 64.3 Å². The Kier molecular flexibility index (Phi) is 7.11. The van der Waals surface area contributed by atoms with E-state index in [-0.39, 0.29) is 35.6 Å². The van der Waals surface area contributed by atoms with Crippen molar-refractivity contribution in [1.29, 1.82) is 0 Å². The lowest BCUT2D eigenvalue weighted by Crippen LogP contribution is -2.58. The number of hydrogen-bond acceptors (Lipinski definition) is 5. The molecule has 1 amide bonds. The predicted octanol–water partition coefficient (Wildman–Crippen LogP) is 5.87. The van der Waals surface area contributed by atoms with Gasteiger partial charge >= 0.3 is 0 Å². The summed E-state index contributed by atoms with van der Waals surface area (Å²) >= 11 is 0. The Morgan fingerprint density at radius 3 is 2.42 bits per heavy atom. The number of nitrogens with one attached hydrogen (secondary N) is 2. The molecule has 2 fully saturated rings. The highest BCUT2D eigenvalue weighted by Gasteiger charge is 2.38. The quantitative estimate of drug-likeness (QED) is 0.286. The van der Waals surface area contributed by atoms with Gasteiger partial charge in [0.15, 0.2) is 0 Å². The average Bonchev–Trinajstić information content (AvgIpc) is 3.35. The van der Waals surface area contributed by atoms with Crippen LogP contribution < -0.4 is 10.2 Å². The number of aliphatic hydroxyl groups is 1. The Hall–Kier alpha value is -3.68. The highest BCUT2D eigenvalue weighted by Crippen LogP contribution is 2.35. The number of aliphatic hydroxyl groups excluding tert-OH is 1. The first-order chi connectivity index (χ1) is 19.2. The number of amides is 1. The molecule has 3 N–H and O–H groups in total. The van der Waals surface area contributed by atoms with Crippen LogP contribution in [0.3, 0.4) is 0 Å². The number of ether oxygens (including phenoxy) is 1. The molecule has 2 aliphatic heterocycles. The summed E-state index contributed by atoms with van der Waals surface area (Å²) in [6, 6.07) is 24.6. The lowest BCUT2D eigenvalue weighted by atomic mass is 9.85. The van der Waals surface area contributed by atoms with E-state index in [1.165, 1.54) is 0 Å². The molecule has 0 unspecified atom stereocenters. The summed E-state index contributed by atoms with van der Waals surface area (Å²) in [5.41, 5.74) is 5.61. The monoisotopic (exact) mass is 538 g/mol. The van der Waals surface area contributed by atoms with E-state index in [1.807, 2.05) is 36.4 Å². The molecule has 7 nitrogen and oxygen atoms in total. The van der Waals surface area contributed by atoms with Gasteiger partial charge in [0, 0.05) is 22.2 Å². The maximum Gasteiger partial charge on any atom is 0.251 e. The molecule has 2 bridgehead atoms. The van der Waals surface area contributed by atoms with Gasteiger partial charge in [-0.05, 0) is 60.6 Å². The molecule has 4 aromatic rings. The van der Waals surface area contributed by atoms with Crippen LogP contribution in [0.2, 0.25) is 0 Å². The van der Waals surface area contributed by atoms with Crippen LogP contribution in [0.4, 0.5) is 5.69 Å². The molecule has 4 atom stereocenters. The van der Waals surface area contributed by atoms with Gasteiger partial charge in [-0.15, -0.1) is 0 Å². The van der Waals surface area contributed by atoms with Gasteiger partial charge in [0.25, 0.3) is 5.91 Å². The average molecular weight is 539 g/mol. The summed E-state index contributed by atoms with van der Waals surface area (Å²) in [6.45, 7) is 7.87. The van der Waals surface area contributed by atoms with Crippen molar-refractivity contribution in [2.24, 2.45) is 5.41 Å². The topological polar surface area (TPSA) is 90.5 Å². The second kappa shape index (κ2) is 10.7. The van der Waals surface area contributed by atoms with E-state index in [0.717, 1.165) is 52.7 Å². The molecule has 0 saturated carbocycles. The Morgan fingerprint density at radius 1 is 1.05 bits per heavy atom. The standard InChI is InChI=1S/C33H38N4O3/c1-33(2,3)18-30(21-7-5-4-6-8-21)34-32(39)23-11-14-29-28(15-23)31(36-35-29)22-9-12-24(13-10-22)37-25-16-27(38)17-26(37)20-40-19-25/h4-15,25-27,30,38H,16-20H2,1-3H3,(H,34,39)(H,35,36)/t25-,26+,27-,30-/m0/s1. The number of benzene rings is 3. The molecule has 40 heavy (non-hydrogen) atoms. The van der Waals surface area contributed by atoms with Gasteiger partial charge in [-0.1, -0.05) is 63.2 Å². The largest absolute Gasteiger partial charge is 0.393 e. The first kappa shape index (κ1) is 26.5. The van der Waals surface area contributed by atoms with Crippen molar-refractivity contribution in [2.75, 3.05) is 18.1 Å². The Labute approximate surface area is 235 Å². The number of H-pyrrole nitrogens is 1. The molecule has 6 rings (SSSR count). The Balaban J connectivity index is 1.25. The minimum atomic E-state index is -0.257. The number of fused-ring (bicyclic) bond motifs is 3. The number of nitrogens with zero attached hydrogens (tertiary/aromatic N) is 2. The summed E-state index contributed by atoms with van der Waals surface area (Å²) in [5.74, 6) is -0.0939. The lowest BCUT2D eigenvalue weighted by Gasteiger charge is -2.48. The molecule has 1 aromatic heterocycles. The van der Waals surface area contributed by atoms with Crippen molar-refractivity contribution in [3.05, 3.63) is 83.9 Å². The maximum atomic E-state index is 13.5. The number of anilines is 1. The minimum Gasteiger partial charge on any atom is -0.393 e. The number of rotatable bonds is 6. The third kappa shape index (κ3) is 5.49. The third-order valence-corrected chi connectivity index (χ3v) is 8.08. The van der Waals surface area contributed by atoms with E-state index < -0.39 is 0 Å². The van der Waals surface area contributed by atoms with Gasteiger partial charge < -0.3 is 20.1 Å². The van der Waals surface area contributed by atoms with Crippen molar-refractivity contribution < 1.29 is 14.6 Å². The number of aromatic amines is 1. The fourth-order valence-corrected chi connectivity index (χ4v) is 6.27. The van der Waals surface area contributed by atoms with Crippen LogP contribution in [0.1, 0.15) is 62.0 Å². The molecular weight excluding hydrogens is 500 g/mol. The molecule has 3 heterocycles. The number of carbonyl (C=O) groups excluding carboxylic acids is 1. The highest BCUT2D eigenvalue weighted by molar-refractivity contribution is 6.01. The molecule has 7 heteroatoms. The molecule has 3 aromatic carbocycles. The smallest absolute Gasteiger partial charge is 0.251 e. The second-order valence-electron chi connectivity index (χ2n) is 12.5. The van der Waals surface area contributed by atoms with Gasteiger partial charge in [-0.2, -0.15) is 5.10 Å². The van der Waals surface area contributed by atoms with Crippen LogP contribution in [0, 0.1) is 5.41 Å². The zero-order valence-corrected chi connectivity index (χ0v) is 23.4. The summed E-state index contributed by atoms with van der Waals surface area (Å²) in [5, 5.41) is 22.2. The number of carbonyl (C=O) groups is 1. The van der Waals surface area contributed by atoms with Crippen LogP contribution in [0.5, 0.6) is 0 Å². The van der Waals surface area contributed by atoms with Gasteiger partial charge in [-0.3, -0.25) is 9.89 Å². The fourth-order valence-electron chi connectivity index (χ4n) is 6.27. The van der Waals surface area contributed by atoms with Gasteiger partial charge in [0.1, 0.15) is 0 Å². The maximum absolute atomic E-state index is 13.5. The Morgan fingerprint density at radius 2 is 1.75 bits per heavy atom. The fraction of sp³-hybridized carbons (Fsp3) is 0.394. The molecule has 0 radical (unpaired) electrons. The van der Waals surface area contributed by atoms with Gasteiger partial charge in [0.05, 0.1) is 48.7 Å². The molecule has 0 aliphatic carbocycles. The first-order valence-corrected chi connectivity index (χ1v) is 14.2. The SMILES string of the molecule is CC(C)(C)C[C@H](NC(=O)c1ccc2[nH]nc(-c3ccc(N4[C@@H]5COC[C@H]4C[C@@H](O)C5)cc3)c2c1)c1ccccc1. The van der Waals surface area contributed by atoms with E-state index in [2.05, 4.69) is 77.6 Å². The highest BCUT2D eigenvalue weighted by atomic mass is 16.5. The Bertz CT molecular complexity index is 1460. The lowest BCUT2D eigenvalue weighted by molar-refractivity contribution is 0.00124. The van der Waals surface area contributed by atoms with Gasteiger partial charge in [0.2, 0.25) is 0 Å². The van der Waals surface area contributed by atoms with Crippen LogP contribution in [0.15, 0.2) is 72.8 Å². The third-order valence-electron chi connectivity index (χ3n) is 8.08. The van der Waals surface area contributed by atoms with Crippen molar-refractivity contribution in [3.8, 4) is 11.3 Å². The summed E-state index contributed by atoms with van der Waals surface area (Å²) < 4.78 is 5.77. The number of morpholine rings is 1. The zero-order chi connectivity index (χ0) is 27.9. The van der Waals surface area contributed by atoms with Crippen molar-refractivity contribution in [3.63, 3.8) is 0 Å². The van der Waals surface area contributed by atoms with E-state index in [4.69, 9.17) is 4.74 Å². The minimum absolute atomic E-state index is 0.0569. The summed E-state index contributed by atoms with van der Waals surface area (Å²) in [6.07, 6.45) is 2.03. The van der Waals surface area contributed by atoms with Crippen LogP contribution >= 0.6 is 0 Å². The van der Waals surface area contributed by atoms with Crippen LogP contribution in [-0.4, -0.2) is 52.6 Å². The molecule has 208 valence electrons. The predicted molar refractivity (Wildman–Crippen MR) is 158 cm³/mol.